The standard InChI is InChI=1S/C19H25NO2/c1-5-15(4)19(21)17(13-20)12-16-6-8-18(9-7-16)22-11-10-14(2)3/h6-9,12,14-15H,5,10-11H2,1-4H3/b17-12-/t15-/m0/s1. The molecule has 0 N–H and O–H groups in total. The van der Waals surface area contributed by atoms with Crippen LogP contribution in [0.1, 0.15) is 46.1 Å². The lowest BCUT2D eigenvalue weighted by atomic mass is 9.96. The molecule has 0 radical (unpaired) electrons. The van der Waals surface area contributed by atoms with Crippen molar-refractivity contribution in [3.05, 3.63) is 35.4 Å². The molecule has 0 saturated heterocycles. The number of nitriles is 1. The number of Topliss-reactive ketones (excluding diaryl/α,β-unsaturated/α-hetero) is 1. The summed E-state index contributed by atoms with van der Waals surface area (Å²) in [7, 11) is 0. The van der Waals surface area contributed by atoms with E-state index in [1.807, 2.05) is 44.2 Å². The normalized spacial score (nSPS) is 12.8. The molecule has 0 unspecified atom stereocenters. The van der Waals surface area contributed by atoms with Crippen LogP contribution in [-0.4, -0.2) is 12.4 Å². The van der Waals surface area contributed by atoms with Crippen LogP contribution >= 0.6 is 0 Å². The Balaban J connectivity index is 2.75. The largest absolute Gasteiger partial charge is 0.494 e. The fourth-order valence-electron chi connectivity index (χ4n) is 1.85. The van der Waals surface area contributed by atoms with Gasteiger partial charge < -0.3 is 4.74 Å². The van der Waals surface area contributed by atoms with Crippen LogP contribution in [0.4, 0.5) is 0 Å². The molecule has 0 fully saturated rings. The molecular formula is C19H25NO2. The van der Waals surface area contributed by atoms with Gasteiger partial charge in [0.05, 0.1) is 12.2 Å². The first-order valence-corrected chi connectivity index (χ1v) is 7.86. The van der Waals surface area contributed by atoms with Gasteiger partial charge in [-0.1, -0.05) is 39.8 Å². The van der Waals surface area contributed by atoms with E-state index in [1.54, 1.807) is 6.08 Å². The lowest BCUT2D eigenvalue weighted by Gasteiger charge is -2.08. The fourth-order valence-corrected chi connectivity index (χ4v) is 1.85. The number of hydrogen-bond acceptors (Lipinski definition) is 3. The van der Waals surface area contributed by atoms with Gasteiger partial charge in [0.1, 0.15) is 11.8 Å². The van der Waals surface area contributed by atoms with E-state index >= 15 is 0 Å². The van der Waals surface area contributed by atoms with E-state index in [4.69, 9.17) is 10.00 Å². The van der Waals surface area contributed by atoms with Crippen molar-refractivity contribution >= 4 is 11.9 Å². The molecule has 0 aromatic heterocycles. The molecule has 0 amide bonds. The topological polar surface area (TPSA) is 50.1 Å². The third kappa shape index (κ3) is 5.73. The smallest absolute Gasteiger partial charge is 0.176 e. The Kier molecular flexibility index (Phi) is 7.39. The highest BCUT2D eigenvalue weighted by molar-refractivity contribution is 6.04. The highest BCUT2D eigenvalue weighted by atomic mass is 16.5. The maximum atomic E-state index is 12.1. The zero-order valence-corrected chi connectivity index (χ0v) is 13.9. The van der Waals surface area contributed by atoms with Gasteiger partial charge in [-0.3, -0.25) is 4.79 Å². The molecule has 1 aromatic carbocycles. The average Bonchev–Trinajstić information content (AvgIpc) is 2.52. The Hall–Kier alpha value is -2.08. The summed E-state index contributed by atoms with van der Waals surface area (Å²) in [6.45, 7) is 8.81. The molecule has 0 bridgehead atoms. The summed E-state index contributed by atoms with van der Waals surface area (Å²) < 4.78 is 5.65. The number of carbonyl (C=O) groups excluding carboxylic acids is 1. The van der Waals surface area contributed by atoms with Crippen LogP contribution in [0.3, 0.4) is 0 Å². The van der Waals surface area contributed by atoms with Crippen LogP contribution in [0.15, 0.2) is 29.8 Å². The lowest BCUT2D eigenvalue weighted by molar-refractivity contribution is -0.118. The molecule has 1 atom stereocenters. The Bertz CT molecular complexity index is 550. The van der Waals surface area contributed by atoms with E-state index in [0.717, 1.165) is 24.2 Å². The van der Waals surface area contributed by atoms with E-state index in [2.05, 4.69) is 13.8 Å². The molecule has 0 aliphatic carbocycles. The number of carbonyl (C=O) groups is 1. The van der Waals surface area contributed by atoms with Crippen LogP contribution in [0.25, 0.3) is 6.08 Å². The molecule has 22 heavy (non-hydrogen) atoms. The summed E-state index contributed by atoms with van der Waals surface area (Å²) in [5.74, 6) is 1.21. The predicted molar refractivity (Wildman–Crippen MR) is 89.4 cm³/mol. The maximum Gasteiger partial charge on any atom is 0.176 e. The number of rotatable bonds is 8. The Morgan fingerprint density at radius 3 is 2.41 bits per heavy atom. The summed E-state index contributed by atoms with van der Waals surface area (Å²) in [6.07, 6.45) is 3.40. The van der Waals surface area contributed by atoms with E-state index in [9.17, 15) is 4.79 Å². The third-order valence-electron chi connectivity index (χ3n) is 3.60. The molecule has 1 rings (SSSR count). The minimum atomic E-state index is -0.121. The molecule has 3 nitrogen and oxygen atoms in total. The van der Waals surface area contributed by atoms with Crippen molar-refractivity contribution < 1.29 is 9.53 Å². The summed E-state index contributed by atoms with van der Waals surface area (Å²) in [5.41, 5.74) is 1.05. The van der Waals surface area contributed by atoms with Crippen LogP contribution in [-0.2, 0) is 4.79 Å². The number of hydrogen-bond donors (Lipinski definition) is 0. The first kappa shape index (κ1) is 18.0. The second-order valence-corrected chi connectivity index (χ2v) is 5.94. The third-order valence-corrected chi connectivity index (χ3v) is 3.60. The molecule has 118 valence electrons. The Morgan fingerprint density at radius 2 is 1.91 bits per heavy atom. The molecular weight excluding hydrogens is 274 g/mol. The first-order valence-electron chi connectivity index (χ1n) is 7.86. The molecule has 0 saturated carbocycles. The number of allylic oxidation sites excluding steroid dienone is 1. The quantitative estimate of drug-likeness (QED) is 0.519. The highest BCUT2D eigenvalue weighted by Gasteiger charge is 2.15. The first-order chi connectivity index (χ1) is 10.5. The van der Waals surface area contributed by atoms with E-state index in [1.165, 1.54) is 0 Å². The molecule has 3 heteroatoms. The Labute approximate surface area is 133 Å². The summed E-state index contributed by atoms with van der Waals surface area (Å²) >= 11 is 0. The van der Waals surface area contributed by atoms with Gasteiger partial charge >= 0.3 is 0 Å². The van der Waals surface area contributed by atoms with Crippen LogP contribution < -0.4 is 4.74 Å². The van der Waals surface area contributed by atoms with Gasteiger partial charge in [0.2, 0.25) is 0 Å². The number of ether oxygens (including phenoxy) is 1. The minimum absolute atomic E-state index is 0.0951. The van der Waals surface area contributed by atoms with Crippen molar-refractivity contribution in [2.45, 2.75) is 40.5 Å². The zero-order chi connectivity index (χ0) is 16.5. The lowest BCUT2D eigenvalue weighted by Crippen LogP contribution is -2.11. The van der Waals surface area contributed by atoms with Crippen molar-refractivity contribution in [3.8, 4) is 11.8 Å². The number of nitrogens with zero attached hydrogens (tertiary/aromatic N) is 1. The van der Waals surface area contributed by atoms with Gasteiger partial charge in [0, 0.05) is 5.92 Å². The highest BCUT2D eigenvalue weighted by Crippen LogP contribution is 2.17. The van der Waals surface area contributed by atoms with Crippen molar-refractivity contribution in [1.29, 1.82) is 5.26 Å². The van der Waals surface area contributed by atoms with Gasteiger partial charge in [0.25, 0.3) is 0 Å². The van der Waals surface area contributed by atoms with Crippen molar-refractivity contribution in [2.24, 2.45) is 11.8 Å². The van der Waals surface area contributed by atoms with E-state index in [-0.39, 0.29) is 17.3 Å². The average molecular weight is 299 g/mol. The summed E-state index contributed by atoms with van der Waals surface area (Å²) in [4.78, 5) is 12.1. The summed E-state index contributed by atoms with van der Waals surface area (Å²) in [6, 6.07) is 9.48. The molecule has 0 heterocycles. The van der Waals surface area contributed by atoms with Crippen molar-refractivity contribution in [2.75, 3.05) is 6.61 Å². The van der Waals surface area contributed by atoms with E-state index < -0.39 is 0 Å². The van der Waals surface area contributed by atoms with Crippen molar-refractivity contribution in [3.63, 3.8) is 0 Å². The summed E-state index contributed by atoms with van der Waals surface area (Å²) in [5, 5.41) is 9.16. The van der Waals surface area contributed by atoms with Gasteiger partial charge in [-0.05, 0) is 42.5 Å². The fraction of sp³-hybridized carbons (Fsp3) is 0.474. The molecule has 0 spiro atoms. The number of ketones is 1. The van der Waals surface area contributed by atoms with Gasteiger partial charge in [-0.25, -0.2) is 0 Å². The van der Waals surface area contributed by atoms with Crippen LogP contribution in [0.2, 0.25) is 0 Å². The van der Waals surface area contributed by atoms with Crippen molar-refractivity contribution in [1.82, 2.24) is 0 Å². The predicted octanol–water partition coefficient (Wildman–Crippen LogP) is 4.63. The number of benzene rings is 1. The van der Waals surface area contributed by atoms with Crippen LogP contribution in [0.5, 0.6) is 5.75 Å². The molecule has 1 aromatic rings. The van der Waals surface area contributed by atoms with Gasteiger partial charge in [-0.15, -0.1) is 0 Å². The second-order valence-electron chi connectivity index (χ2n) is 5.94. The van der Waals surface area contributed by atoms with E-state index in [0.29, 0.717) is 12.5 Å². The molecule has 0 aliphatic rings. The second kappa shape index (κ2) is 9.04. The maximum absolute atomic E-state index is 12.1. The van der Waals surface area contributed by atoms with Crippen LogP contribution in [0, 0.1) is 23.2 Å². The Morgan fingerprint density at radius 1 is 1.27 bits per heavy atom. The van der Waals surface area contributed by atoms with Gasteiger partial charge in [-0.2, -0.15) is 5.26 Å². The zero-order valence-electron chi connectivity index (χ0n) is 13.9. The molecule has 0 aliphatic heterocycles. The minimum Gasteiger partial charge on any atom is -0.494 e. The van der Waals surface area contributed by atoms with Gasteiger partial charge in [0.15, 0.2) is 5.78 Å². The SMILES string of the molecule is CC[C@H](C)C(=O)/C(C#N)=C\c1ccc(OCCC(C)C)cc1. The monoisotopic (exact) mass is 299 g/mol.